The first-order chi connectivity index (χ1) is 8.26. The average Bonchev–Trinajstić information content (AvgIpc) is 2.38. The third-order valence-corrected chi connectivity index (χ3v) is 3.40. The van der Waals surface area contributed by atoms with Gasteiger partial charge in [-0.15, -0.1) is 0 Å². The zero-order chi connectivity index (χ0) is 12.1. The van der Waals surface area contributed by atoms with Gasteiger partial charge in [0.05, 0.1) is 23.5 Å². The summed E-state index contributed by atoms with van der Waals surface area (Å²) in [6.45, 7) is 6.03. The minimum Gasteiger partial charge on any atom is -0.373 e. The molecular weight excluding hydrogens is 214 g/mol. The second-order valence-corrected chi connectivity index (χ2v) is 4.74. The van der Waals surface area contributed by atoms with Crippen molar-refractivity contribution in [2.75, 3.05) is 13.2 Å². The van der Waals surface area contributed by atoms with E-state index in [0.29, 0.717) is 0 Å². The van der Waals surface area contributed by atoms with Gasteiger partial charge in [0, 0.05) is 19.0 Å². The Morgan fingerprint density at radius 2 is 2.35 bits per heavy atom. The maximum Gasteiger partial charge on any atom is 0.0864 e. The van der Waals surface area contributed by atoms with Gasteiger partial charge >= 0.3 is 0 Å². The smallest absolute Gasteiger partial charge is 0.0864 e. The van der Waals surface area contributed by atoms with Crippen LogP contribution in [-0.2, 0) is 4.74 Å². The van der Waals surface area contributed by atoms with Gasteiger partial charge in [0.1, 0.15) is 0 Å². The van der Waals surface area contributed by atoms with Crippen LogP contribution in [0.25, 0.3) is 0 Å². The average molecular weight is 235 g/mol. The van der Waals surface area contributed by atoms with Gasteiger partial charge in [-0.2, -0.15) is 0 Å². The first-order valence-corrected chi connectivity index (χ1v) is 6.39. The van der Waals surface area contributed by atoms with E-state index >= 15 is 0 Å². The van der Waals surface area contributed by atoms with Crippen molar-refractivity contribution in [2.24, 2.45) is 0 Å². The highest BCUT2D eigenvalue weighted by Crippen LogP contribution is 2.35. The molecule has 2 unspecified atom stereocenters. The quantitative estimate of drug-likeness (QED) is 0.868. The Morgan fingerprint density at radius 3 is 2.94 bits per heavy atom. The molecule has 2 atom stereocenters. The Labute approximate surface area is 103 Å². The van der Waals surface area contributed by atoms with Gasteiger partial charge in [0.25, 0.3) is 0 Å². The van der Waals surface area contributed by atoms with Crippen LogP contribution in [0.5, 0.6) is 0 Å². The van der Waals surface area contributed by atoms with Crippen LogP contribution in [0, 0.1) is 0 Å². The molecule has 0 spiro atoms. The van der Waals surface area contributed by atoms with Crippen LogP contribution in [-0.4, -0.2) is 28.7 Å². The Bertz CT molecular complexity index is 336. The lowest BCUT2D eigenvalue weighted by Gasteiger charge is -2.40. The first kappa shape index (κ1) is 12.5. The standard InChI is InChI=1S/C13H21N3O/c1-3-15-12(11-10-14-7-8-16-11)13(2)6-4-5-9-17-13/h7-8,10,12,15H,3-6,9H2,1-2H3. The molecule has 0 saturated carbocycles. The van der Waals surface area contributed by atoms with Gasteiger partial charge in [-0.25, -0.2) is 0 Å². The van der Waals surface area contributed by atoms with Crippen LogP contribution in [0.4, 0.5) is 0 Å². The molecule has 1 aromatic rings. The highest BCUT2D eigenvalue weighted by Gasteiger charge is 2.38. The minimum atomic E-state index is -0.162. The van der Waals surface area contributed by atoms with Crippen molar-refractivity contribution in [3.8, 4) is 0 Å². The number of hydrogen-bond acceptors (Lipinski definition) is 4. The largest absolute Gasteiger partial charge is 0.373 e. The third kappa shape index (κ3) is 2.82. The van der Waals surface area contributed by atoms with Gasteiger partial charge < -0.3 is 10.1 Å². The molecule has 1 saturated heterocycles. The van der Waals surface area contributed by atoms with E-state index in [1.165, 1.54) is 6.42 Å². The lowest BCUT2D eigenvalue weighted by molar-refractivity contribution is -0.0904. The van der Waals surface area contributed by atoms with Crippen molar-refractivity contribution in [1.82, 2.24) is 15.3 Å². The fourth-order valence-corrected chi connectivity index (χ4v) is 2.48. The number of hydrogen-bond donors (Lipinski definition) is 1. The summed E-state index contributed by atoms with van der Waals surface area (Å²) in [5, 5.41) is 3.48. The molecule has 0 bridgehead atoms. The van der Waals surface area contributed by atoms with E-state index in [4.69, 9.17) is 4.74 Å². The second-order valence-electron chi connectivity index (χ2n) is 4.74. The van der Waals surface area contributed by atoms with Gasteiger partial charge in [0.2, 0.25) is 0 Å². The molecule has 1 aromatic heterocycles. The normalized spacial score (nSPS) is 26.7. The number of nitrogens with one attached hydrogen (secondary N) is 1. The zero-order valence-electron chi connectivity index (χ0n) is 10.6. The molecule has 2 heterocycles. The monoisotopic (exact) mass is 235 g/mol. The second kappa shape index (κ2) is 5.56. The Kier molecular flexibility index (Phi) is 4.07. The summed E-state index contributed by atoms with van der Waals surface area (Å²) in [7, 11) is 0. The van der Waals surface area contributed by atoms with Crippen LogP contribution < -0.4 is 5.32 Å². The van der Waals surface area contributed by atoms with Crippen LogP contribution in [0.3, 0.4) is 0 Å². The predicted octanol–water partition coefficient (Wildman–Crippen LogP) is 2.09. The highest BCUT2D eigenvalue weighted by molar-refractivity contribution is 5.09. The van der Waals surface area contributed by atoms with Crippen molar-refractivity contribution >= 4 is 0 Å². The summed E-state index contributed by atoms with van der Waals surface area (Å²) in [6, 6.07) is 0.126. The summed E-state index contributed by atoms with van der Waals surface area (Å²) in [5.41, 5.74) is 0.809. The number of rotatable bonds is 4. The molecule has 0 aliphatic carbocycles. The molecular formula is C13H21N3O. The van der Waals surface area contributed by atoms with Gasteiger partial charge in [-0.1, -0.05) is 6.92 Å². The van der Waals surface area contributed by atoms with E-state index < -0.39 is 0 Å². The van der Waals surface area contributed by atoms with E-state index in [9.17, 15) is 0 Å². The Hall–Kier alpha value is -1.00. The molecule has 94 valence electrons. The lowest BCUT2D eigenvalue weighted by atomic mass is 9.86. The minimum absolute atomic E-state index is 0.126. The number of aromatic nitrogens is 2. The van der Waals surface area contributed by atoms with Gasteiger partial charge in [0.15, 0.2) is 0 Å². The van der Waals surface area contributed by atoms with Gasteiger partial charge in [-0.3, -0.25) is 9.97 Å². The molecule has 1 N–H and O–H groups in total. The molecule has 0 aromatic carbocycles. The number of nitrogens with zero attached hydrogens (tertiary/aromatic N) is 2. The van der Waals surface area contributed by atoms with E-state index in [2.05, 4.69) is 29.1 Å². The summed E-state index contributed by atoms with van der Waals surface area (Å²) >= 11 is 0. The first-order valence-electron chi connectivity index (χ1n) is 6.39. The Morgan fingerprint density at radius 1 is 1.47 bits per heavy atom. The predicted molar refractivity (Wildman–Crippen MR) is 66.7 cm³/mol. The van der Waals surface area contributed by atoms with Crippen molar-refractivity contribution in [3.63, 3.8) is 0 Å². The third-order valence-electron chi connectivity index (χ3n) is 3.40. The van der Waals surface area contributed by atoms with Crippen LogP contribution in [0.1, 0.15) is 44.8 Å². The lowest BCUT2D eigenvalue weighted by Crippen LogP contribution is -2.46. The highest BCUT2D eigenvalue weighted by atomic mass is 16.5. The summed E-state index contributed by atoms with van der Waals surface area (Å²) in [5.74, 6) is 0. The molecule has 1 aliphatic heterocycles. The van der Waals surface area contributed by atoms with E-state index in [-0.39, 0.29) is 11.6 Å². The molecule has 1 fully saturated rings. The van der Waals surface area contributed by atoms with Crippen molar-refractivity contribution in [1.29, 1.82) is 0 Å². The summed E-state index contributed by atoms with van der Waals surface area (Å²) in [4.78, 5) is 8.57. The molecule has 4 nitrogen and oxygen atoms in total. The number of ether oxygens (including phenoxy) is 1. The fraction of sp³-hybridized carbons (Fsp3) is 0.692. The molecule has 1 aliphatic rings. The van der Waals surface area contributed by atoms with Gasteiger partial charge in [-0.05, 0) is 32.7 Å². The van der Waals surface area contributed by atoms with Crippen LogP contribution in [0.15, 0.2) is 18.6 Å². The maximum atomic E-state index is 6.00. The van der Waals surface area contributed by atoms with Crippen molar-refractivity contribution in [3.05, 3.63) is 24.3 Å². The summed E-state index contributed by atoms with van der Waals surface area (Å²) in [6.07, 6.45) is 8.73. The Balaban J connectivity index is 2.22. The zero-order valence-corrected chi connectivity index (χ0v) is 10.6. The van der Waals surface area contributed by atoms with E-state index in [1.807, 2.05) is 6.20 Å². The van der Waals surface area contributed by atoms with Crippen molar-refractivity contribution in [2.45, 2.75) is 44.8 Å². The molecule has 0 radical (unpaired) electrons. The fourth-order valence-electron chi connectivity index (χ4n) is 2.48. The van der Waals surface area contributed by atoms with Crippen LogP contribution >= 0.6 is 0 Å². The van der Waals surface area contributed by atoms with Crippen LogP contribution in [0.2, 0.25) is 0 Å². The summed E-state index contributed by atoms with van der Waals surface area (Å²) < 4.78 is 6.00. The van der Waals surface area contributed by atoms with Crippen molar-refractivity contribution < 1.29 is 4.74 Å². The molecule has 4 heteroatoms. The number of likely N-dealkylation sites (N-methyl/N-ethyl adjacent to an activating group) is 1. The van der Waals surface area contributed by atoms with E-state index in [1.54, 1.807) is 12.4 Å². The SMILES string of the molecule is CCNC(c1cnccn1)C1(C)CCCCO1. The maximum absolute atomic E-state index is 6.00. The molecule has 0 amide bonds. The topological polar surface area (TPSA) is 47.0 Å². The molecule has 2 rings (SSSR count). The van der Waals surface area contributed by atoms with E-state index in [0.717, 1.165) is 31.7 Å². The molecule has 17 heavy (non-hydrogen) atoms.